The van der Waals surface area contributed by atoms with Gasteiger partial charge in [-0.25, -0.2) is 9.36 Å². The van der Waals surface area contributed by atoms with Crippen molar-refractivity contribution in [3.8, 4) is 11.4 Å². The van der Waals surface area contributed by atoms with Crippen molar-refractivity contribution in [2.24, 2.45) is 0 Å². The summed E-state index contributed by atoms with van der Waals surface area (Å²) >= 11 is 0. The summed E-state index contributed by atoms with van der Waals surface area (Å²) in [5.74, 6) is 0.301. The highest BCUT2D eigenvalue weighted by molar-refractivity contribution is 5.99. The zero-order chi connectivity index (χ0) is 29.6. The molecule has 0 aliphatic rings. The van der Waals surface area contributed by atoms with Gasteiger partial charge < -0.3 is 4.74 Å². The third-order valence-electron chi connectivity index (χ3n) is 7.37. The number of hydrogen-bond donors (Lipinski definition) is 0. The van der Waals surface area contributed by atoms with Crippen molar-refractivity contribution < 1.29 is 14.3 Å². The topological polar surface area (TPSA) is 87.4 Å². The second-order valence-corrected chi connectivity index (χ2v) is 10.4. The van der Waals surface area contributed by atoms with E-state index >= 15 is 0 Å². The fraction of sp³-hybridized carbons (Fsp3) is 0.200. The van der Waals surface area contributed by atoms with E-state index in [9.17, 15) is 19.2 Å². The predicted octanol–water partition coefficient (Wildman–Crippen LogP) is 5.49. The number of fused-ring (bicyclic) bond motifs is 1. The fourth-order valence-corrected chi connectivity index (χ4v) is 5.06. The number of aromatic nitrogens is 2. The average molecular weight is 561 g/mol. The van der Waals surface area contributed by atoms with Crippen LogP contribution >= 0.6 is 0 Å². The van der Waals surface area contributed by atoms with Gasteiger partial charge in [0.25, 0.3) is 5.56 Å². The Hall–Kier alpha value is -5.04. The van der Waals surface area contributed by atoms with E-state index in [0.29, 0.717) is 29.8 Å². The predicted molar refractivity (Wildman–Crippen MR) is 164 cm³/mol. The van der Waals surface area contributed by atoms with Crippen molar-refractivity contribution in [2.45, 2.75) is 39.2 Å². The van der Waals surface area contributed by atoms with E-state index in [1.807, 2.05) is 61.5 Å². The molecule has 0 aliphatic carbocycles. The summed E-state index contributed by atoms with van der Waals surface area (Å²) in [5.41, 5.74) is 2.92. The van der Waals surface area contributed by atoms with Crippen LogP contribution in [-0.2, 0) is 24.2 Å². The Bertz CT molecular complexity index is 1850. The Balaban J connectivity index is 1.52. The largest absolute Gasteiger partial charge is 0.497 e. The molecule has 5 aromatic rings. The van der Waals surface area contributed by atoms with E-state index in [4.69, 9.17) is 4.74 Å². The van der Waals surface area contributed by atoms with Crippen molar-refractivity contribution in [1.29, 1.82) is 0 Å². The highest BCUT2D eigenvalue weighted by Gasteiger charge is 2.19. The SMILES string of the molecule is COc1ccc(-n2c(=O)c3ccc(C(=O)CCCc4ccccc4)cc3n(CC(=O)Cc3ccc(C)cc3)c2=O)cc1. The molecule has 0 amide bonds. The molecule has 42 heavy (non-hydrogen) atoms. The van der Waals surface area contributed by atoms with Crippen LogP contribution in [0.4, 0.5) is 0 Å². The van der Waals surface area contributed by atoms with Gasteiger partial charge in [0.2, 0.25) is 0 Å². The second-order valence-electron chi connectivity index (χ2n) is 10.4. The van der Waals surface area contributed by atoms with Gasteiger partial charge in [-0.15, -0.1) is 0 Å². The molecule has 0 unspecified atom stereocenters. The molecule has 0 saturated heterocycles. The summed E-state index contributed by atoms with van der Waals surface area (Å²) in [6.45, 7) is 1.73. The van der Waals surface area contributed by atoms with E-state index in [2.05, 4.69) is 0 Å². The molecule has 7 nitrogen and oxygen atoms in total. The van der Waals surface area contributed by atoms with E-state index in [1.165, 1.54) is 11.7 Å². The molecule has 0 spiro atoms. The third kappa shape index (κ3) is 6.31. The number of methoxy groups -OCH3 is 1. The van der Waals surface area contributed by atoms with Gasteiger partial charge in [-0.05, 0) is 67.3 Å². The highest BCUT2D eigenvalue weighted by Crippen LogP contribution is 2.18. The monoisotopic (exact) mass is 560 g/mol. The maximum atomic E-state index is 13.9. The van der Waals surface area contributed by atoms with E-state index in [1.54, 1.807) is 42.5 Å². The van der Waals surface area contributed by atoms with Gasteiger partial charge in [0, 0.05) is 18.4 Å². The van der Waals surface area contributed by atoms with Gasteiger partial charge in [0.1, 0.15) is 5.75 Å². The minimum atomic E-state index is -0.649. The van der Waals surface area contributed by atoms with Crippen molar-refractivity contribution >= 4 is 22.5 Å². The number of nitrogens with zero attached hydrogens (tertiary/aromatic N) is 2. The number of ketones is 2. The normalized spacial score (nSPS) is 11.0. The van der Waals surface area contributed by atoms with Gasteiger partial charge in [0.05, 0.1) is 30.2 Å². The Kier molecular flexibility index (Phi) is 8.58. The summed E-state index contributed by atoms with van der Waals surface area (Å²) in [6, 6.07) is 28.9. The lowest BCUT2D eigenvalue weighted by Gasteiger charge is -2.15. The first-order chi connectivity index (χ1) is 20.3. The number of rotatable bonds is 11. The molecule has 7 heteroatoms. The first-order valence-corrected chi connectivity index (χ1v) is 13.9. The van der Waals surface area contributed by atoms with Crippen molar-refractivity contribution in [3.05, 3.63) is 140 Å². The van der Waals surface area contributed by atoms with Gasteiger partial charge in [0.15, 0.2) is 11.6 Å². The zero-order valence-corrected chi connectivity index (χ0v) is 23.7. The van der Waals surface area contributed by atoms with Crippen molar-refractivity contribution in [3.63, 3.8) is 0 Å². The Labute approximate surface area is 243 Å². The number of benzene rings is 4. The number of hydrogen-bond acceptors (Lipinski definition) is 5. The molecule has 0 aliphatic heterocycles. The zero-order valence-electron chi connectivity index (χ0n) is 23.7. The first-order valence-electron chi connectivity index (χ1n) is 13.9. The van der Waals surface area contributed by atoms with Gasteiger partial charge in [-0.2, -0.15) is 0 Å². The van der Waals surface area contributed by atoms with Crippen LogP contribution < -0.4 is 16.0 Å². The molecule has 1 heterocycles. The molecule has 0 radical (unpaired) electrons. The minimum absolute atomic E-state index is 0.0860. The van der Waals surface area contributed by atoms with Crippen molar-refractivity contribution in [2.75, 3.05) is 7.11 Å². The highest BCUT2D eigenvalue weighted by atomic mass is 16.5. The molecule has 0 bridgehead atoms. The summed E-state index contributed by atoms with van der Waals surface area (Å²) in [7, 11) is 1.53. The Morgan fingerprint density at radius 1 is 0.810 bits per heavy atom. The second kappa shape index (κ2) is 12.6. The van der Waals surface area contributed by atoms with Crippen LogP contribution in [0.5, 0.6) is 5.75 Å². The van der Waals surface area contributed by atoms with Crippen LogP contribution in [0.2, 0.25) is 0 Å². The van der Waals surface area contributed by atoms with Crippen LogP contribution in [-0.4, -0.2) is 27.8 Å². The number of aryl methyl sites for hydroxylation is 2. The van der Waals surface area contributed by atoms with E-state index < -0.39 is 11.2 Å². The molecular weight excluding hydrogens is 528 g/mol. The summed E-state index contributed by atoms with van der Waals surface area (Å²) in [6.07, 6.45) is 1.89. The van der Waals surface area contributed by atoms with Crippen LogP contribution in [0, 0.1) is 6.92 Å². The van der Waals surface area contributed by atoms with Crippen LogP contribution in [0.1, 0.15) is 39.9 Å². The molecule has 5 rings (SSSR count). The lowest BCUT2D eigenvalue weighted by atomic mass is 10.0. The van der Waals surface area contributed by atoms with Gasteiger partial charge in [-0.3, -0.25) is 19.0 Å². The Morgan fingerprint density at radius 2 is 1.52 bits per heavy atom. The molecule has 0 fully saturated rings. The quantitative estimate of drug-likeness (QED) is 0.200. The number of carbonyl (C=O) groups is 2. The molecular formula is C35H32N2O5. The minimum Gasteiger partial charge on any atom is -0.497 e. The summed E-state index contributed by atoms with van der Waals surface area (Å²) in [5, 5.41) is 0.245. The molecule has 1 aromatic heterocycles. The number of ether oxygens (including phenoxy) is 1. The summed E-state index contributed by atoms with van der Waals surface area (Å²) in [4.78, 5) is 53.9. The average Bonchev–Trinajstić information content (AvgIpc) is 3.01. The van der Waals surface area contributed by atoms with E-state index in [0.717, 1.165) is 27.7 Å². The van der Waals surface area contributed by atoms with Crippen LogP contribution in [0.25, 0.3) is 16.6 Å². The van der Waals surface area contributed by atoms with Gasteiger partial charge in [-0.1, -0.05) is 66.2 Å². The van der Waals surface area contributed by atoms with E-state index in [-0.39, 0.29) is 35.4 Å². The standard InChI is InChI=1S/C35H32N2O5/c1-24-11-13-26(14-12-24)21-29(38)23-36-32-22-27(33(39)10-6-9-25-7-4-3-5-8-25)15-20-31(32)34(40)37(35(36)41)28-16-18-30(42-2)19-17-28/h3-5,7-8,11-20,22H,6,9-10,21,23H2,1-2H3. The van der Waals surface area contributed by atoms with Crippen LogP contribution in [0.3, 0.4) is 0 Å². The molecule has 4 aromatic carbocycles. The smallest absolute Gasteiger partial charge is 0.336 e. The number of carbonyl (C=O) groups excluding carboxylic acids is 2. The maximum Gasteiger partial charge on any atom is 0.336 e. The molecule has 0 saturated carbocycles. The fourth-order valence-electron chi connectivity index (χ4n) is 5.06. The first kappa shape index (κ1) is 28.5. The number of Topliss-reactive ketones (excluding diaryl/α,β-unsaturated/α-hetero) is 2. The molecule has 212 valence electrons. The third-order valence-corrected chi connectivity index (χ3v) is 7.37. The Morgan fingerprint density at radius 3 is 2.21 bits per heavy atom. The van der Waals surface area contributed by atoms with Crippen LogP contribution in [0.15, 0.2) is 107 Å². The van der Waals surface area contributed by atoms with Crippen molar-refractivity contribution in [1.82, 2.24) is 9.13 Å². The molecule has 0 atom stereocenters. The summed E-state index contributed by atoms with van der Waals surface area (Å²) < 4.78 is 7.58. The molecule has 0 N–H and O–H groups in total. The van der Waals surface area contributed by atoms with Gasteiger partial charge >= 0.3 is 5.69 Å². The maximum absolute atomic E-state index is 13.9. The lowest BCUT2D eigenvalue weighted by Crippen LogP contribution is -2.40. The lowest BCUT2D eigenvalue weighted by molar-refractivity contribution is -0.119.